The van der Waals surface area contributed by atoms with Gasteiger partial charge in [-0.3, -0.25) is 4.79 Å². The number of anilines is 1. The SMILES string of the molecule is O=c1[nH]c(CNc2nc3c(Br)cccn3n2)cs1. The van der Waals surface area contributed by atoms with Gasteiger partial charge in [-0.15, -0.1) is 5.10 Å². The Balaban J connectivity index is 1.83. The number of thiazole rings is 1. The number of aromatic nitrogens is 4. The summed E-state index contributed by atoms with van der Waals surface area (Å²) < 4.78 is 2.57. The molecule has 8 heteroatoms. The molecule has 0 amide bonds. The van der Waals surface area contributed by atoms with Crippen LogP contribution in [0.4, 0.5) is 5.95 Å². The van der Waals surface area contributed by atoms with E-state index < -0.39 is 0 Å². The summed E-state index contributed by atoms with van der Waals surface area (Å²) in [6, 6.07) is 3.79. The Morgan fingerprint density at radius 2 is 2.44 bits per heavy atom. The highest BCUT2D eigenvalue weighted by Crippen LogP contribution is 2.16. The Bertz CT molecular complexity index is 746. The quantitative estimate of drug-likeness (QED) is 0.770. The van der Waals surface area contributed by atoms with Crippen molar-refractivity contribution in [3.8, 4) is 0 Å². The van der Waals surface area contributed by atoms with Crippen LogP contribution in [0.1, 0.15) is 5.69 Å². The fourth-order valence-electron chi connectivity index (χ4n) is 1.52. The van der Waals surface area contributed by atoms with E-state index in [0.29, 0.717) is 12.5 Å². The minimum atomic E-state index is -0.0579. The van der Waals surface area contributed by atoms with Crippen molar-refractivity contribution >= 4 is 38.9 Å². The van der Waals surface area contributed by atoms with Crippen molar-refractivity contribution in [2.24, 2.45) is 0 Å². The van der Waals surface area contributed by atoms with Crippen molar-refractivity contribution in [2.75, 3.05) is 5.32 Å². The largest absolute Gasteiger partial charge is 0.347 e. The van der Waals surface area contributed by atoms with Crippen molar-refractivity contribution in [1.82, 2.24) is 19.6 Å². The van der Waals surface area contributed by atoms with E-state index in [9.17, 15) is 4.79 Å². The van der Waals surface area contributed by atoms with Gasteiger partial charge >= 0.3 is 4.87 Å². The van der Waals surface area contributed by atoms with E-state index >= 15 is 0 Å². The highest BCUT2D eigenvalue weighted by molar-refractivity contribution is 9.10. The van der Waals surface area contributed by atoms with E-state index in [-0.39, 0.29) is 4.87 Å². The molecule has 0 atom stereocenters. The lowest BCUT2D eigenvalue weighted by Crippen LogP contribution is -2.04. The van der Waals surface area contributed by atoms with Gasteiger partial charge in [-0.2, -0.15) is 4.98 Å². The molecule has 92 valence electrons. The first-order valence-electron chi connectivity index (χ1n) is 5.14. The molecular weight excluding hydrogens is 318 g/mol. The molecular formula is C10H8BrN5OS. The van der Waals surface area contributed by atoms with Crippen LogP contribution in [0.25, 0.3) is 5.65 Å². The van der Waals surface area contributed by atoms with Crippen LogP contribution in [-0.2, 0) is 6.54 Å². The highest BCUT2D eigenvalue weighted by Gasteiger charge is 2.06. The van der Waals surface area contributed by atoms with Crippen LogP contribution in [0.15, 0.2) is 33.0 Å². The second kappa shape index (κ2) is 4.54. The summed E-state index contributed by atoms with van der Waals surface area (Å²) >= 11 is 4.55. The minimum absolute atomic E-state index is 0.0579. The molecule has 3 rings (SSSR count). The molecule has 3 aromatic rings. The molecule has 0 bridgehead atoms. The molecule has 2 N–H and O–H groups in total. The first kappa shape index (κ1) is 11.4. The number of nitrogens with one attached hydrogen (secondary N) is 2. The van der Waals surface area contributed by atoms with Crippen molar-refractivity contribution in [1.29, 1.82) is 0 Å². The number of aromatic amines is 1. The summed E-state index contributed by atoms with van der Waals surface area (Å²) in [5.74, 6) is 0.522. The van der Waals surface area contributed by atoms with Gasteiger partial charge in [0.1, 0.15) is 0 Å². The summed E-state index contributed by atoms with van der Waals surface area (Å²) in [5, 5.41) is 9.11. The third kappa shape index (κ3) is 2.16. The Morgan fingerprint density at radius 3 is 3.17 bits per heavy atom. The average molecular weight is 326 g/mol. The zero-order chi connectivity index (χ0) is 12.5. The molecule has 0 aromatic carbocycles. The molecule has 0 saturated carbocycles. The van der Waals surface area contributed by atoms with Crippen molar-refractivity contribution in [3.05, 3.63) is 43.5 Å². The van der Waals surface area contributed by atoms with Gasteiger partial charge in [0.15, 0.2) is 5.65 Å². The van der Waals surface area contributed by atoms with Gasteiger partial charge in [-0.1, -0.05) is 11.3 Å². The van der Waals surface area contributed by atoms with Gasteiger partial charge in [-0.05, 0) is 28.1 Å². The summed E-state index contributed by atoms with van der Waals surface area (Å²) in [4.78, 5) is 18.0. The number of pyridine rings is 1. The van der Waals surface area contributed by atoms with Gasteiger partial charge in [-0.25, -0.2) is 4.52 Å². The maximum atomic E-state index is 11.0. The van der Waals surface area contributed by atoms with Crippen molar-refractivity contribution in [3.63, 3.8) is 0 Å². The molecule has 3 heterocycles. The van der Waals surface area contributed by atoms with Crippen LogP contribution in [0.2, 0.25) is 0 Å². The molecule has 6 nitrogen and oxygen atoms in total. The number of fused-ring (bicyclic) bond motifs is 1. The molecule has 18 heavy (non-hydrogen) atoms. The first-order chi connectivity index (χ1) is 8.72. The summed E-state index contributed by atoms with van der Waals surface area (Å²) in [5.41, 5.74) is 1.57. The fourth-order valence-corrected chi connectivity index (χ4v) is 2.53. The lowest BCUT2D eigenvalue weighted by Gasteiger charge is -1.96. The molecule has 0 saturated heterocycles. The van der Waals surface area contributed by atoms with Gasteiger partial charge in [0.2, 0.25) is 5.95 Å². The maximum absolute atomic E-state index is 11.0. The third-order valence-corrected chi connectivity index (χ3v) is 3.66. The molecule has 0 radical (unpaired) electrons. The van der Waals surface area contributed by atoms with E-state index in [0.717, 1.165) is 27.2 Å². The molecule has 0 aliphatic rings. The van der Waals surface area contributed by atoms with Crippen LogP contribution in [0.3, 0.4) is 0 Å². The molecule has 3 aromatic heterocycles. The van der Waals surface area contributed by atoms with E-state index in [1.807, 2.05) is 18.3 Å². The van der Waals surface area contributed by atoms with Crippen LogP contribution >= 0.6 is 27.3 Å². The lowest BCUT2D eigenvalue weighted by molar-refractivity contribution is 0.942. The fraction of sp³-hybridized carbons (Fsp3) is 0.100. The summed E-state index contributed by atoms with van der Waals surface area (Å²) in [6.07, 6.45) is 1.82. The standard InChI is InChI=1S/C10H8BrN5OS/c11-7-2-1-3-16-8(7)14-9(15-16)12-4-6-5-18-10(17)13-6/h1-3,5H,4H2,(H,12,15)(H,13,17). The second-order valence-electron chi connectivity index (χ2n) is 3.59. The predicted molar refractivity (Wildman–Crippen MR) is 73.0 cm³/mol. The molecule has 0 fully saturated rings. The van der Waals surface area contributed by atoms with Crippen LogP contribution < -0.4 is 10.2 Å². The number of nitrogens with zero attached hydrogens (tertiary/aromatic N) is 3. The normalized spacial score (nSPS) is 10.9. The topological polar surface area (TPSA) is 75.1 Å². The van der Waals surface area contributed by atoms with Crippen LogP contribution in [0, 0.1) is 0 Å². The number of halogens is 1. The van der Waals surface area contributed by atoms with Gasteiger partial charge < -0.3 is 10.3 Å². The van der Waals surface area contributed by atoms with Gasteiger partial charge in [0, 0.05) is 17.3 Å². The number of H-pyrrole nitrogens is 1. The Labute approximate surface area is 114 Å². The zero-order valence-electron chi connectivity index (χ0n) is 9.05. The highest BCUT2D eigenvalue weighted by atomic mass is 79.9. The second-order valence-corrected chi connectivity index (χ2v) is 5.28. The van der Waals surface area contributed by atoms with E-state index in [2.05, 4.69) is 36.3 Å². The first-order valence-corrected chi connectivity index (χ1v) is 6.81. The molecule has 0 aliphatic carbocycles. The Kier molecular flexibility index (Phi) is 2.88. The Hall–Kier alpha value is -1.67. The molecule has 0 aliphatic heterocycles. The van der Waals surface area contributed by atoms with E-state index in [1.54, 1.807) is 9.90 Å². The molecule has 0 unspecified atom stereocenters. The van der Waals surface area contributed by atoms with Crippen molar-refractivity contribution in [2.45, 2.75) is 6.54 Å². The van der Waals surface area contributed by atoms with Gasteiger partial charge in [0.25, 0.3) is 0 Å². The van der Waals surface area contributed by atoms with E-state index in [4.69, 9.17) is 0 Å². The number of rotatable bonds is 3. The van der Waals surface area contributed by atoms with Crippen LogP contribution in [-0.4, -0.2) is 19.6 Å². The smallest absolute Gasteiger partial charge is 0.304 e. The predicted octanol–water partition coefficient (Wildman–Crippen LogP) is 1.85. The monoisotopic (exact) mass is 325 g/mol. The lowest BCUT2D eigenvalue weighted by atomic mass is 10.5. The summed E-state index contributed by atoms with van der Waals surface area (Å²) in [6.45, 7) is 0.493. The van der Waals surface area contributed by atoms with Gasteiger partial charge in [0.05, 0.1) is 11.0 Å². The maximum Gasteiger partial charge on any atom is 0.304 e. The average Bonchev–Trinajstić information content (AvgIpc) is 2.93. The summed E-state index contributed by atoms with van der Waals surface area (Å²) in [7, 11) is 0. The Morgan fingerprint density at radius 1 is 1.56 bits per heavy atom. The van der Waals surface area contributed by atoms with E-state index in [1.165, 1.54) is 0 Å². The third-order valence-electron chi connectivity index (χ3n) is 2.32. The number of hydrogen-bond donors (Lipinski definition) is 2. The van der Waals surface area contributed by atoms with Crippen molar-refractivity contribution < 1.29 is 0 Å². The zero-order valence-corrected chi connectivity index (χ0v) is 11.5. The molecule has 0 spiro atoms. The number of hydrogen-bond acceptors (Lipinski definition) is 5. The minimum Gasteiger partial charge on any atom is -0.347 e. The van der Waals surface area contributed by atoms with Crippen LogP contribution in [0.5, 0.6) is 0 Å².